The first kappa shape index (κ1) is 18.8. The molecular formula is C19H20N4O3S. The number of nitrogens with one attached hydrogen (secondary N) is 1. The van der Waals surface area contributed by atoms with Gasteiger partial charge < -0.3 is 14.8 Å². The fourth-order valence-electron chi connectivity index (χ4n) is 2.17. The molecule has 0 aromatic carbocycles. The van der Waals surface area contributed by atoms with Crippen LogP contribution in [0.25, 0.3) is 11.4 Å². The van der Waals surface area contributed by atoms with Crippen LogP contribution in [0, 0.1) is 0 Å². The summed E-state index contributed by atoms with van der Waals surface area (Å²) >= 11 is 1.44. The van der Waals surface area contributed by atoms with Gasteiger partial charge in [-0.2, -0.15) is 0 Å². The van der Waals surface area contributed by atoms with Crippen LogP contribution in [0.2, 0.25) is 0 Å². The van der Waals surface area contributed by atoms with Crippen molar-refractivity contribution in [2.45, 2.75) is 19.8 Å². The largest absolute Gasteiger partial charge is 0.478 e. The molecule has 140 valence electrons. The average Bonchev–Trinajstić information content (AvgIpc) is 3.17. The maximum absolute atomic E-state index is 11.7. The lowest BCUT2D eigenvalue weighted by molar-refractivity contribution is -0.146. The van der Waals surface area contributed by atoms with Crippen LogP contribution in [0.5, 0.6) is 5.75 Å². The number of esters is 1. The van der Waals surface area contributed by atoms with Crippen LogP contribution in [-0.4, -0.2) is 34.1 Å². The van der Waals surface area contributed by atoms with Crippen molar-refractivity contribution < 1.29 is 14.3 Å². The van der Waals surface area contributed by atoms with Gasteiger partial charge in [0.1, 0.15) is 5.69 Å². The van der Waals surface area contributed by atoms with Crippen molar-refractivity contribution >= 4 is 28.3 Å². The Morgan fingerprint density at radius 2 is 2.04 bits per heavy atom. The minimum atomic E-state index is -0.398. The van der Waals surface area contributed by atoms with Crippen LogP contribution in [0.4, 0.5) is 10.9 Å². The van der Waals surface area contributed by atoms with Crippen LogP contribution >= 0.6 is 11.3 Å². The Bertz CT molecular complexity index is 870. The molecule has 3 aromatic heterocycles. The molecule has 3 heterocycles. The van der Waals surface area contributed by atoms with E-state index in [2.05, 4.69) is 20.3 Å². The Kier molecular flexibility index (Phi) is 6.70. The molecule has 3 rings (SSSR count). The van der Waals surface area contributed by atoms with Crippen molar-refractivity contribution in [3.63, 3.8) is 0 Å². The van der Waals surface area contributed by atoms with Crippen LogP contribution in [0.3, 0.4) is 0 Å². The normalized spacial score (nSPS) is 10.4. The zero-order valence-corrected chi connectivity index (χ0v) is 15.7. The van der Waals surface area contributed by atoms with E-state index in [9.17, 15) is 4.79 Å². The Morgan fingerprint density at radius 3 is 2.85 bits per heavy atom. The summed E-state index contributed by atoms with van der Waals surface area (Å²) in [7, 11) is 0. The summed E-state index contributed by atoms with van der Waals surface area (Å²) in [5.41, 5.74) is 1.58. The van der Waals surface area contributed by atoms with Crippen molar-refractivity contribution in [3.8, 4) is 17.1 Å². The highest BCUT2D eigenvalue weighted by Gasteiger charge is 2.11. The van der Waals surface area contributed by atoms with Gasteiger partial charge >= 0.3 is 5.97 Å². The summed E-state index contributed by atoms with van der Waals surface area (Å²) in [6.45, 7) is 2.28. The molecule has 8 heteroatoms. The highest BCUT2D eigenvalue weighted by molar-refractivity contribution is 7.14. The first-order chi connectivity index (χ1) is 13.3. The maximum atomic E-state index is 11.7. The van der Waals surface area contributed by atoms with Crippen molar-refractivity contribution in [2.75, 3.05) is 18.5 Å². The van der Waals surface area contributed by atoms with E-state index < -0.39 is 5.97 Å². The van der Waals surface area contributed by atoms with Crippen LogP contribution in [0.15, 0.2) is 48.1 Å². The number of anilines is 2. The van der Waals surface area contributed by atoms with Gasteiger partial charge in [0, 0.05) is 17.8 Å². The number of aromatic nitrogens is 3. The first-order valence-electron chi connectivity index (χ1n) is 8.63. The van der Waals surface area contributed by atoms with E-state index >= 15 is 0 Å². The standard InChI is InChI=1S/C19H20N4O3S/c1-2-3-11-25-17(24)12-26-16-8-6-10-21-18(16)23-19-22-15(13-27-19)14-7-4-5-9-20-14/h4-10,13H,2-3,11-12H2,1H3,(H,21,22,23). The molecule has 0 fully saturated rings. The monoisotopic (exact) mass is 384 g/mol. The van der Waals surface area contributed by atoms with E-state index in [1.54, 1.807) is 24.5 Å². The third kappa shape index (κ3) is 5.49. The fraction of sp³-hybridized carbons (Fsp3) is 0.263. The van der Waals surface area contributed by atoms with Gasteiger partial charge in [0.15, 0.2) is 23.3 Å². The number of nitrogens with zero attached hydrogens (tertiary/aromatic N) is 3. The smallest absolute Gasteiger partial charge is 0.344 e. The van der Waals surface area contributed by atoms with E-state index in [0.717, 1.165) is 24.2 Å². The molecule has 0 aliphatic heterocycles. The van der Waals surface area contributed by atoms with Gasteiger partial charge in [-0.3, -0.25) is 4.98 Å². The van der Waals surface area contributed by atoms with E-state index in [-0.39, 0.29) is 6.61 Å². The average molecular weight is 384 g/mol. The molecule has 0 aliphatic rings. The summed E-state index contributed by atoms with van der Waals surface area (Å²) in [5.74, 6) is 0.547. The molecule has 27 heavy (non-hydrogen) atoms. The van der Waals surface area contributed by atoms with E-state index in [1.165, 1.54) is 11.3 Å². The van der Waals surface area contributed by atoms with Gasteiger partial charge in [-0.1, -0.05) is 19.4 Å². The van der Waals surface area contributed by atoms with Gasteiger partial charge in [-0.15, -0.1) is 11.3 Å². The maximum Gasteiger partial charge on any atom is 0.344 e. The third-order valence-electron chi connectivity index (χ3n) is 3.53. The Hall–Kier alpha value is -3.00. The van der Waals surface area contributed by atoms with Gasteiger partial charge in [0.05, 0.1) is 12.3 Å². The van der Waals surface area contributed by atoms with Crippen molar-refractivity contribution in [1.29, 1.82) is 0 Å². The molecule has 7 nitrogen and oxygen atoms in total. The van der Waals surface area contributed by atoms with Gasteiger partial charge in [0.25, 0.3) is 0 Å². The number of thiazole rings is 1. The lowest BCUT2D eigenvalue weighted by atomic mass is 10.3. The molecular weight excluding hydrogens is 364 g/mol. The van der Waals surface area contributed by atoms with Crippen molar-refractivity contribution in [3.05, 3.63) is 48.1 Å². The highest BCUT2D eigenvalue weighted by Crippen LogP contribution is 2.29. The van der Waals surface area contributed by atoms with E-state index in [4.69, 9.17) is 9.47 Å². The summed E-state index contributed by atoms with van der Waals surface area (Å²) in [4.78, 5) is 24.8. The highest BCUT2D eigenvalue weighted by atomic mass is 32.1. The Balaban J connectivity index is 1.63. The predicted octanol–water partition coefficient (Wildman–Crippen LogP) is 4.07. The molecule has 0 aliphatic carbocycles. The molecule has 1 N–H and O–H groups in total. The second-order valence-electron chi connectivity index (χ2n) is 5.59. The number of pyridine rings is 2. The summed E-state index contributed by atoms with van der Waals surface area (Å²) in [5, 5.41) is 5.70. The van der Waals surface area contributed by atoms with Crippen LogP contribution < -0.4 is 10.1 Å². The van der Waals surface area contributed by atoms with Gasteiger partial charge in [-0.25, -0.2) is 14.8 Å². The predicted molar refractivity (Wildman–Crippen MR) is 104 cm³/mol. The number of carbonyl (C=O) groups excluding carboxylic acids is 1. The molecule has 0 saturated heterocycles. The van der Waals surface area contributed by atoms with Crippen LogP contribution in [-0.2, 0) is 9.53 Å². The summed E-state index contributed by atoms with van der Waals surface area (Å²) in [6.07, 6.45) is 5.18. The molecule has 0 radical (unpaired) electrons. The minimum absolute atomic E-state index is 0.166. The van der Waals surface area contributed by atoms with E-state index in [1.807, 2.05) is 30.5 Å². The number of rotatable bonds is 9. The van der Waals surface area contributed by atoms with Gasteiger partial charge in [0.2, 0.25) is 0 Å². The molecule has 0 saturated carbocycles. The van der Waals surface area contributed by atoms with Crippen molar-refractivity contribution in [1.82, 2.24) is 15.0 Å². The molecule has 0 bridgehead atoms. The van der Waals surface area contributed by atoms with Crippen LogP contribution in [0.1, 0.15) is 19.8 Å². The zero-order valence-electron chi connectivity index (χ0n) is 14.9. The fourth-order valence-corrected chi connectivity index (χ4v) is 2.88. The molecule has 0 unspecified atom stereocenters. The lowest BCUT2D eigenvalue weighted by Gasteiger charge is -2.10. The third-order valence-corrected chi connectivity index (χ3v) is 4.29. The van der Waals surface area contributed by atoms with Gasteiger partial charge in [-0.05, 0) is 30.7 Å². The first-order valence-corrected chi connectivity index (χ1v) is 9.51. The number of ether oxygens (including phenoxy) is 2. The van der Waals surface area contributed by atoms with E-state index in [0.29, 0.717) is 23.3 Å². The summed E-state index contributed by atoms with van der Waals surface area (Å²) < 4.78 is 10.7. The number of hydrogen-bond acceptors (Lipinski definition) is 8. The lowest BCUT2D eigenvalue weighted by Crippen LogP contribution is -2.16. The molecule has 0 spiro atoms. The summed E-state index contributed by atoms with van der Waals surface area (Å²) in [6, 6.07) is 9.16. The Labute approximate surface area is 161 Å². The number of hydrogen-bond donors (Lipinski definition) is 1. The Morgan fingerprint density at radius 1 is 1.15 bits per heavy atom. The second kappa shape index (κ2) is 9.63. The quantitative estimate of drug-likeness (QED) is 0.440. The number of unbranched alkanes of at least 4 members (excludes halogenated alkanes) is 1. The molecule has 0 atom stereocenters. The number of carbonyl (C=O) groups is 1. The molecule has 0 amide bonds. The topological polar surface area (TPSA) is 86.2 Å². The second-order valence-corrected chi connectivity index (χ2v) is 6.45. The minimum Gasteiger partial charge on any atom is -0.478 e. The van der Waals surface area contributed by atoms with Crippen molar-refractivity contribution in [2.24, 2.45) is 0 Å². The zero-order chi connectivity index (χ0) is 18.9. The molecule has 3 aromatic rings. The SMILES string of the molecule is CCCCOC(=O)COc1cccnc1Nc1nc(-c2ccccn2)cs1.